The van der Waals surface area contributed by atoms with E-state index in [4.69, 9.17) is 0 Å². The van der Waals surface area contributed by atoms with Crippen LogP contribution in [0.5, 0.6) is 0 Å². The van der Waals surface area contributed by atoms with Crippen molar-refractivity contribution >= 4 is 43.6 Å². The smallest absolute Gasteiger partial charge is 0.126 e. The number of benzene rings is 10. The van der Waals surface area contributed by atoms with Crippen molar-refractivity contribution in [3.05, 3.63) is 240 Å². The van der Waals surface area contributed by atoms with Gasteiger partial charge in [0.1, 0.15) is 23.3 Å². The fourth-order valence-corrected chi connectivity index (χ4v) is 10.5. The molecule has 0 saturated heterocycles. The summed E-state index contributed by atoms with van der Waals surface area (Å²) in [4.78, 5) is 0. The third-order valence-corrected chi connectivity index (χ3v) is 13.8. The number of nitrogens with zero attached hydrogens (tertiary/aromatic N) is 3. The molecule has 12 aromatic rings. The first kappa shape index (κ1) is 42.5. The van der Waals surface area contributed by atoms with Crippen molar-refractivity contribution in [2.24, 2.45) is 0 Å². The average molecular weight is 906 g/mol. The Morgan fingerprint density at radius 3 is 0.886 bits per heavy atom. The van der Waals surface area contributed by atoms with Gasteiger partial charge in [0.2, 0.25) is 0 Å². The van der Waals surface area contributed by atoms with Gasteiger partial charge in [0.25, 0.3) is 0 Å². The highest BCUT2D eigenvalue weighted by Crippen LogP contribution is 2.44. The number of fused-ring (bicyclic) bond motifs is 6. The summed E-state index contributed by atoms with van der Waals surface area (Å²) in [5.41, 5.74) is 19.0. The number of hydrogen-bond donors (Lipinski definition) is 0. The lowest BCUT2D eigenvalue weighted by molar-refractivity contribution is 0.584. The van der Waals surface area contributed by atoms with Gasteiger partial charge in [-0.25, -0.2) is 8.78 Å². The molecule has 3 nitrogen and oxygen atoms in total. The molecule has 5 heteroatoms. The van der Waals surface area contributed by atoms with Gasteiger partial charge >= 0.3 is 0 Å². The van der Waals surface area contributed by atoms with Gasteiger partial charge in [0, 0.05) is 27.6 Å². The number of hydrogen-bond acceptors (Lipinski definition) is 1. The van der Waals surface area contributed by atoms with Gasteiger partial charge in [-0.15, -0.1) is 0 Å². The van der Waals surface area contributed by atoms with E-state index in [-0.39, 0.29) is 0 Å². The molecule has 0 bridgehead atoms. The zero-order valence-electron chi connectivity index (χ0n) is 39.2. The van der Waals surface area contributed by atoms with Crippen LogP contribution in [0.3, 0.4) is 0 Å². The van der Waals surface area contributed by atoms with Gasteiger partial charge < -0.3 is 9.13 Å². The van der Waals surface area contributed by atoms with Crippen LogP contribution in [0.1, 0.15) is 27.8 Å². The SMILES string of the molecule is Cc1cccc(-c2ccc3c4ccc(-c5cccc(C)c5)cc4n(-c4cc(-c5cc(F)cc(F)c5)cc(-n5c6cc(-c7cccc(C)c7)ccc6c6ccc(-c7cccc(C)c7)cc65)c4C#N)c3c2)c1. The normalized spacial score (nSPS) is 11.6. The number of aryl methyl sites for hydroxylation is 4. The molecular weight excluding hydrogens is 861 g/mol. The largest absolute Gasteiger partial charge is 0.308 e. The van der Waals surface area contributed by atoms with E-state index in [1.165, 1.54) is 12.1 Å². The predicted molar refractivity (Wildman–Crippen MR) is 286 cm³/mol. The fourth-order valence-electron chi connectivity index (χ4n) is 10.5. The topological polar surface area (TPSA) is 33.6 Å². The molecule has 0 aliphatic heterocycles. The maximum absolute atomic E-state index is 15.5. The highest BCUT2D eigenvalue weighted by atomic mass is 19.1. The maximum Gasteiger partial charge on any atom is 0.126 e. The van der Waals surface area contributed by atoms with Crippen LogP contribution in [0.15, 0.2) is 200 Å². The Morgan fingerprint density at radius 2 is 0.600 bits per heavy atom. The summed E-state index contributed by atoms with van der Waals surface area (Å²) in [7, 11) is 0. The van der Waals surface area contributed by atoms with Crippen LogP contribution in [0.2, 0.25) is 0 Å². The molecule has 0 spiro atoms. The molecule has 0 atom stereocenters. The van der Waals surface area contributed by atoms with Crippen molar-refractivity contribution in [3.63, 3.8) is 0 Å². The molecule has 0 fully saturated rings. The quantitative estimate of drug-likeness (QED) is 0.157. The van der Waals surface area contributed by atoms with Gasteiger partial charge in [-0.1, -0.05) is 168 Å². The molecular formula is C65H45F2N3. The summed E-state index contributed by atoms with van der Waals surface area (Å²) in [6.45, 7) is 8.37. The monoisotopic (exact) mass is 905 g/mol. The van der Waals surface area contributed by atoms with Gasteiger partial charge in [-0.3, -0.25) is 0 Å². The van der Waals surface area contributed by atoms with Crippen LogP contribution in [-0.2, 0) is 0 Å². The molecule has 334 valence electrons. The highest BCUT2D eigenvalue weighted by Gasteiger charge is 2.24. The van der Waals surface area contributed by atoms with E-state index >= 15 is 8.78 Å². The molecule has 10 aromatic carbocycles. The van der Waals surface area contributed by atoms with Gasteiger partial charge in [-0.05, 0) is 132 Å². The van der Waals surface area contributed by atoms with E-state index < -0.39 is 11.6 Å². The molecule has 0 radical (unpaired) electrons. The first-order valence-corrected chi connectivity index (χ1v) is 23.6. The molecule has 0 unspecified atom stereocenters. The van der Waals surface area contributed by atoms with Crippen molar-refractivity contribution in [3.8, 4) is 73.1 Å². The van der Waals surface area contributed by atoms with E-state index in [9.17, 15) is 5.26 Å². The minimum absolute atomic E-state index is 0.354. The van der Waals surface area contributed by atoms with Crippen LogP contribution in [0.25, 0.3) is 111 Å². The van der Waals surface area contributed by atoms with Crippen LogP contribution < -0.4 is 0 Å². The second-order valence-electron chi connectivity index (χ2n) is 18.7. The molecule has 0 amide bonds. The summed E-state index contributed by atoms with van der Waals surface area (Å²) in [5, 5.41) is 15.9. The molecule has 0 aliphatic carbocycles. The minimum atomic E-state index is -0.688. The molecule has 0 saturated carbocycles. The zero-order chi connectivity index (χ0) is 47.8. The standard InChI is InChI=1S/C65H45F2N3/c1-39-9-5-13-43(25-39)47-17-21-55-56-22-18-48(44-14-6-10-40(2)26-44)32-61(56)69(60(55)31-47)64-35-52(51-29-53(66)37-54(67)30-51)36-65(59(64)38-68)70-62-33-49(45-15-7-11-41(3)27-45)19-23-57(62)58-24-20-50(34-63(58)70)46-16-8-12-42(4)28-46/h5-37H,1-4H3. The lowest BCUT2D eigenvalue weighted by Gasteiger charge is -2.19. The Balaban J connectivity index is 1.24. The maximum atomic E-state index is 15.5. The summed E-state index contributed by atoms with van der Waals surface area (Å²) in [6, 6.07) is 70.2. The van der Waals surface area contributed by atoms with Crippen LogP contribution >= 0.6 is 0 Å². The van der Waals surface area contributed by atoms with E-state index in [1.54, 1.807) is 0 Å². The van der Waals surface area contributed by atoms with E-state index in [0.717, 1.165) is 116 Å². The van der Waals surface area contributed by atoms with Gasteiger partial charge in [0.15, 0.2) is 0 Å². The zero-order valence-corrected chi connectivity index (χ0v) is 39.2. The fraction of sp³-hybridized carbons (Fsp3) is 0.0615. The molecule has 0 aliphatic rings. The molecule has 12 rings (SSSR count). The summed E-state index contributed by atoms with van der Waals surface area (Å²) >= 11 is 0. The summed E-state index contributed by atoms with van der Waals surface area (Å²) in [6.07, 6.45) is 0. The number of rotatable bonds is 7. The van der Waals surface area contributed by atoms with Crippen molar-refractivity contribution in [1.29, 1.82) is 5.26 Å². The van der Waals surface area contributed by atoms with Crippen LogP contribution in [0, 0.1) is 50.7 Å². The number of aromatic nitrogens is 2. The van der Waals surface area contributed by atoms with Crippen molar-refractivity contribution in [2.45, 2.75) is 27.7 Å². The van der Waals surface area contributed by atoms with Crippen molar-refractivity contribution in [1.82, 2.24) is 9.13 Å². The molecule has 2 aromatic heterocycles. The second-order valence-corrected chi connectivity index (χ2v) is 18.7. The average Bonchev–Trinajstić information content (AvgIpc) is 3.86. The van der Waals surface area contributed by atoms with E-state index in [0.29, 0.717) is 28.1 Å². The lowest BCUT2D eigenvalue weighted by atomic mass is 9.99. The highest BCUT2D eigenvalue weighted by molar-refractivity contribution is 6.13. The Kier molecular flexibility index (Phi) is 10.2. The predicted octanol–water partition coefficient (Wildman–Crippen LogP) is 17.6. The summed E-state index contributed by atoms with van der Waals surface area (Å²) in [5.74, 6) is -1.38. The Labute approximate surface area is 405 Å². The third kappa shape index (κ3) is 7.33. The third-order valence-electron chi connectivity index (χ3n) is 13.8. The van der Waals surface area contributed by atoms with Crippen molar-refractivity contribution in [2.75, 3.05) is 0 Å². The second kappa shape index (κ2) is 16.7. The Hall–Kier alpha value is -8.85. The molecule has 70 heavy (non-hydrogen) atoms. The molecule has 2 heterocycles. The minimum Gasteiger partial charge on any atom is -0.308 e. The first-order chi connectivity index (χ1) is 34.1. The van der Waals surface area contributed by atoms with E-state index in [1.807, 2.05) is 12.1 Å². The lowest BCUT2D eigenvalue weighted by Crippen LogP contribution is -2.05. The Morgan fingerprint density at radius 1 is 0.314 bits per heavy atom. The van der Waals surface area contributed by atoms with Crippen LogP contribution in [-0.4, -0.2) is 9.13 Å². The number of nitriles is 1. The first-order valence-electron chi connectivity index (χ1n) is 23.6. The van der Waals surface area contributed by atoms with Crippen LogP contribution in [0.4, 0.5) is 8.78 Å². The van der Waals surface area contributed by atoms with Crippen molar-refractivity contribution < 1.29 is 8.78 Å². The number of halogens is 2. The summed E-state index contributed by atoms with van der Waals surface area (Å²) < 4.78 is 35.3. The van der Waals surface area contributed by atoms with Gasteiger partial charge in [-0.2, -0.15) is 5.26 Å². The molecule has 0 N–H and O–H groups in total. The van der Waals surface area contributed by atoms with E-state index in [2.05, 4.69) is 213 Å². The Bertz CT molecular complexity index is 3700. The van der Waals surface area contributed by atoms with Gasteiger partial charge in [0.05, 0.1) is 33.4 Å².